The molecule has 104 valence electrons. The van der Waals surface area contributed by atoms with E-state index >= 15 is 0 Å². The van der Waals surface area contributed by atoms with E-state index in [2.05, 4.69) is 5.32 Å². The van der Waals surface area contributed by atoms with Crippen molar-refractivity contribution in [3.63, 3.8) is 0 Å². The zero-order valence-corrected chi connectivity index (χ0v) is 11.2. The summed E-state index contributed by atoms with van der Waals surface area (Å²) in [6.45, 7) is 0.192. The van der Waals surface area contributed by atoms with E-state index in [9.17, 15) is 14.9 Å². The third-order valence-electron chi connectivity index (χ3n) is 2.47. The summed E-state index contributed by atoms with van der Waals surface area (Å²) in [4.78, 5) is 21.7. The van der Waals surface area contributed by atoms with Crippen molar-refractivity contribution in [2.45, 2.75) is 6.54 Å². The molecule has 1 heterocycles. The zero-order chi connectivity index (χ0) is 13.7. The van der Waals surface area contributed by atoms with Crippen LogP contribution in [0.5, 0.6) is 0 Å². The van der Waals surface area contributed by atoms with E-state index in [4.69, 9.17) is 0 Å². The summed E-state index contributed by atoms with van der Waals surface area (Å²) in [6, 6.07) is 11.2. The van der Waals surface area contributed by atoms with Gasteiger partial charge in [-0.15, -0.1) is 0 Å². The molecule has 0 spiro atoms. The summed E-state index contributed by atoms with van der Waals surface area (Å²) in [5, 5.41) is 13.2. The number of halogens is 1. The number of aromatic nitrogens is 1. The summed E-state index contributed by atoms with van der Waals surface area (Å²) >= 11 is 0. The molecule has 0 radical (unpaired) electrons. The molecule has 0 atom stereocenters. The lowest BCUT2D eigenvalue weighted by Crippen LogP contribution is -3.00. The Morgan fingerprint density at radius 3 is 2.30 bits per heavy atom. The van der Waals surface area contributed by atoms with Crippen molar-refractivity contribution in [3.8, 4) is 0 Å². The molecule has 0 aliphatic heterocycles. The molecule has 0 saturated heterocycles. The van der Waals surface area contributed by atoms with Gasteiger partial charge >= 0.3 is 0 Å². The Labute approximate surface area is 121 Å². The topological polar surface area (TPSA) is 76.1 Å². The maximum Gasteiger partial charge on any atom is 0.290 e. The first-order valence-electron chi connectivity index (χ1n) is 5.63. The van der Waals surface area contributed by atoms with Gasteiger partial charge in [0.2, 0.25) is 6.54 Å². The highest BCUT2D eigenvalue weighted by Gasteiger charge is 2.10. The number of nitrogens with zero attached hydrogens (tertiary/aromatic N) is 2. The summed E-state index contributed by atoms with van der Waals surface area (Å²) in [5.74, 6) is -0.190. The molecule has 0 unspecified atom stereocenters. The van der Waals surface area contributed by atoms with Crippen LogP contribution in [0.2, 0.25) is 0 Å². The van der Waals surface area contributed by atoms with Gasteiger partial charge in [-0.2, -0.15) is 4.57 Å². The van der Waals surface area contributed by atoms with E-state index in [1.807, 2.05) is 18.2 Å². The Balaban J connectivity index is 0.00000200. The number of amides is 1. The molecule has 20 heavy (non-hydrogen) atoms. The van der Waals surface area contributed by atoms with E-state index in [0.717, 1.165) is 0 Å². The van der Waals surface area contributed by atoms with Gasteiger partial charge in [-0.1, -0.05) is 6.07 Å². The number of rotatable bonds is 4. The fraction of sp³-hybridized carbons (Fsp3) is 0.0769. The molecule has 1 N–H and O–H groups in total. The Bertz CT molecular complexity index is 588. The Hall–Kier alpha value is -2.47. The van der Waals surface area contributed by atoms with E-state index in [1.165, 1.54) is 24.3 Å². The highest BCUT2D eigenvalue weighted by atomic mass is 35.5. The summed E-state index contributed by atoms with van der Waals surface area (Å²) in [5.41, 5.74) is 0.530. The molecule has 1 amide bonds. The third-order valence-corrected chi connectivity index (χ3v) is 2.47. The average molecular weight is 294 g/mol. The van der Waals surface area contributed by atoms with Gasteiger partial charge in [-0.3, -0.25) is 14.9 Å². The van der Waals surface area contributed by atoms with Crippen molar-refractivity contribution in [1.82, 2.24) is 0 Å². The maximum atomic E-state index is 11.7. The van der Waals surface area contributed by atoms with Crippen molar-refractivity contribution in [1.29, 1.82) is 0 Å². The largest absolute Gasteiger partial charge is 1.00 e. The van der Waals surface area contributed by atoms with Crippen LogP contribution in [0.25, 0.3) is 0 Å². The van der Waals surface area contributed by atoms with Crippen molar-refractivity contribution >= 4 is 17.3 Å². The number of carbonyl (C=O) groups is 1. The van der Waals surface area contributed by atoms with Crippen LogP contribution < -0.4 is 22.3 Å². The van der Waals surface area contributed by atoms with Gasteiger partial charge in [0, 0.05) is 30.0 Å². The molecule has 0 saturated carbocycles. The summed E-state index contributed by atoms with van der Waals surface area (Å²) < 4.78 is 1.74. The average Bonchev–Trinajstić information content (AvgIpc) is 2.40. The van der Waals surface area contributed by atoms with Crippen LogP contribution in [0, 0.1) is 10.1 Å². The second-order valence-electron chi connectivity index (χ2n) is 3.90. The van der Waals surface area contributed by atoms with Crippen molar-refractivity contribution < 1.29 is 26.7 Å². The number of carbonyl (C=O) groups excluding carboxylic acids is 1. The zero-order valence-electron chi connectivity index (χ0n) is 10.4. The molecular weight excluding hydrogens is 282 g/mol. The number of anilines is 1. The minimum Gasteiger partial charge on any atom is -1.00 e. The molecule has 0 fully saturated rings. The van der Waals surface area contributed by atoms with Gasteiger partial charge in [-0.05, 0) is 12.1 Å². The number of nitro groups is 1. The second kappa shape index (κ2) is 7.20. The van der Waals surface area contributed by atoms with Crippen LogP contribution >= 0.6 is 0 Å². The lowest BCUT2D eigenvalue weighted by molar-refractivity contribution is -0.684. The number of non-ortho nitro benzene ring substituents is 1. The number of nitro benzene ring substituents is 1. The number of pyridine rings is 1. The van der Waals surface area contributed by atoms with Gasteiger partial charge in [0.25, 0.3) is 11.6 Å². The lowest BCUT2D eigenvalue weighted by atomic mass is 10.3. The molecule has 0 bridgehead atoms. The molecule has 2 rings (SSSR count). The van der Waals surface area contributed by atoms with E-state index in [-0.39, 0.29) is 30.5 Å². The number of nitrogens with one attached hydrogen (secondary N) is 1. The van der Waals surface area contributed by atoms with Gasteiger partial charge in [-0.25, -0.2) is 0 Å². The van der Waals surface area contributed by atoms with Crippen LogP contribution in [0.4, 0.5) is 11.4 Å². The highest BCUT2D eigenvalue weighted by Crippen LogP contribution is 2.15. The third kappa shape index (κ3) is 4.33. The normalized spacial score (nSPS) is 9.40. The Morgan fingerprint density at radius 1 is 1.15 bits per heavy atom. The predicted molar refractivity (Wildman–Crippen MR) is 68.4 cm³/mol. The maximum absolute atomic E-state index is 11.7. The van der Waals surface area contributed by atoms with Crippen LogP contribution in [0.15, 0.2) is 54.9 Å². The standard InChI is InChI=1S/C13H11N3O3.ClH/c17-13(10-15-8-2-1-3-9-15)14-11-4-6-12(7-5-11)16(18)19;/h1-9H,10H2;1H. The molecule has 0 aliphatic rings. The smallest absolute Gasteiger partial charge is 0.290 e. The van der Waals surface area contributed by atoms with Gasteiger partial charge in [0.1, 0.15) is 0 Å². The fourth-order valence-electron chi connectivity index (χ4n) is 1.57. The molecule has 6 nitrogen and oxygen atoms in total. The van der Waals surface area contributed by atoms with Crippen molar-refractivity contribution in [2.75, 3.05) is 5.32 Å². The molecule has 2 aromatic rings. The van der Waals surface area contributed by atoms with Crippen molar-refractivity contribution in [3.05, 3.63) is 65.0 Å². The first-order chi connectivity index (χ1) is 9.15. The number of hydrogen-bond donors (Lipinski definition) is 1. The first kappa shape index (κ1) is 15.6. The monoisotopic (exact) mass is 293 g/mol. The van der Waals surface area contributed by atoms with Gasteiger partial charge in [0.15, 0.2) is 12.4 Å². The minimum absolute atomic E-state index is 0. The number of benzene rings is 1. The van der Waals surface area contributed by atoms with Crippen LogP contribution in [0.3, 0.4) is 0 Å². The van der Waals surface area contributed by atoms with Crippen LogP contribution in [0.1, 0.15) is 0 Å². The van der Waals surface area contributed by atoms with Gasteiger partial charge < -0.3 is 17.7 Å². The first-order valence-corrected chi connectivity index (χ1v) is 5.63. The van der Waals surface area contributed by atoms with Gasteiger partial charge in [0.05, 0.1) is 4.92 Å². The predicted octanol–water partition coefficient (Wildman–Crippen LogP) is -1.47. The van der Waals surface area contributed by atoms with E-state index in [0.29, 0.717) is 5.69 Å². The van der Waals surface area contributed by atoms with E-state index < -0.39 is 4.92 Å². The summed E-state index contributed by atoms with van der Waals surface area (Å²) in [6.07, 6.45) is 3.57. The highest BCUT2D eigenvalue weighted by molar-refractivity contribution is 5.89. The Kier molecular flexibility index (Phi) is 5.61. The molecule has 1 aromatic heterocycles. The quantitative estimate of drug-likeness (QED) is 0.425. The van der Waals surface area contributed by atoms with Crippen molar-refractivity contribution in [2.24, 2.45) is 0 Å². The van der Waals surface area contributed by atoms with Crippen LogP contribution in [-0.4, -0.2) is 10.8 Å². The molecular formula is C13H12ClN3O3. The second-order valence-corrected chi connectivity index (χ2v) is 3.90. The SMILES string of the molecule is O=C(C[n+]1ccccc1)Nc1ccc([N+](=O)[O-])cc1.[Cl-]. The molecule has 7 heteroatoms. The Morgan fingerprint density at radius 2 is 1.75 bits per heavy atom. The number of hydrogen-bond acceptors (Lipinski definition) is 3. The lowest BCUT2D eigenvalue weighted by Gasteiger charge is -2.02. The summed E-state index contributed by atoms with van der Waals surface area (Å²) in [7, 11) is 0. The molecule has 1 aromatic carbocycles. The van der Waals surface area contributed by atoms with Crippen LogP contribution in [-0.2, 0) is 11.3 Å². The minimum atomic E-state index is -0.481. The van der Waals surface area contributed by atoms with E-state index in [1.54, 1.807) is 17.0 Å². The fourth-order valence-corrected chi connectivity index (χ4v) is 1.57. The molecule has 0 aliphatic carbocycles.